The number of allylic oxidation sites excluding steroid dienone is 1. The smallest absolute Gasteiger partial charge is 0.103 e. The normalized spacial score (nSPS) is 11.7. The summed E-state index contributed by atoms with van der Waals surface area (Å²) in [4.78, 5) is 0. The predicted molar refractivity (Wildman–Crippen MR) is 41.7 cm³/mol. The molecule has 0 aromatic rings. The molecule has 1 unspecified atom stereocenters. The third kappa shape index (κ3) is 6.99. The van der Waals surface area contributed by atoms with Gasteiger partial charge >= 0.3 is 23.1 Å². The van der Waals surface area contributed by atoms with Crippen molar-refractivity contribution in [3.8, 4) is 0 Å². The molecule has 0 fully saturated rings. The van der Waals surface area contributed by atoms with Gasteiger partial charge in [0.25, 0.3) is 0 Å². The zero-order valence-electron chi connectivity index (χ0n) is 3.95. The van der Waals surface area contributed by atoms with Crippen LogP contribution < -0.4 is 0 Å². The molecule has 0 N–H and O–H groups in total. The molecule has 0 aliphatic carbocycles. The van der Waals surface area contributed by atoms with Gasteiger partial charge < -0.3 is 0 Å². The van der Waals surface area contributed by atoms with Gasteiger partial charge in [-0.1, -0.05) is 28.9 Å². The third-order valence-corrected chi connectivity index (χ3v) is 1.67. The van der Waals surface area contributed by atoms with E-state index in [0.717, 1.165) is 5.33 Å². The molecule has 0 nitrogen and oxygen atoms in total. The monoisotopic (exact) mass is 174 g/mol. The standard InChI is InChI=1S/C5H9Br.Mg.2H/c1-3-5(2)4-6;;;/h3,5H,1,4H2,2H3;;;. The van der Waals surface area contributed by atoms with E-state index in [1.807, 2.05) is 6.08 Å². The predicted octanol–water partition coefficient (Wildman–Crippen LogP) is 1.29. The van der Waals surface area contributed by atoms with E-state index in [9.17, 15) is 0 Å². The Hall–Kier alpha value is 0.986. The van der Waals surface area contributed by atoms with Crippen molar-refractivity contribution in [2.24, 2.45) is 5.92 Å². The van der Waals surface area contributed by atoms with Crippen LogP contribution in [0.2, 0.25) is 0 Å². The minimum absolute atomic E-state index is 0. The highest BCUT2D eigenvalue weighted by Gasteiger charge is 1.85. The van der Waals surface area contributed by atoms with E-state index in [4.69, 9.17) is 0 Å². The Kier molecular flexibility index (Phi) is 10.9. The maximum atomic E-state index is 3.60. The number of rotatable bonds is 2. The molecule has 0 saturated heterocycles. The van der Waals surface area contributed by atoms with Crippen LogP contribution in [-0.4, -0.2) is 28.4 Å². The maximum absolute atomic E-state index is 3.60. The molecular formula is C5H11BrMg. The molecule has 0 bridgehead atoms. The molecule has 0 radical (unpaired) electrons. The SMILES string of the molecule is C=CC(C)CBr.[MgH2]. The summed E-state index contributed by atoms with van der Waals surface area (Å²) in [5.74, 6) is 0.616. The first kappa shape index (κ1) is 10.9. The molecule has 0 saturated carbocycles. The maximum Gasteiger partial charge on any atom is 0.316 e. The van der Waals surface area contributed by atoms with Crippen molar-refractivity contribution in [2.75, 3.05) is 5.33 Å². The first-order valence-corrected chi connectivity index (χ1v) is 3.12. The summed E-state index contributed by atoms with van der Waals surface area (Å²) in [7, 11) is 0. The van der Waals surface area contributed by atoms with Crippen molar-refractivity contribution in [2.45, 2.75) is 6.92 Å². The van der Waals surface area contributed by atoms with Gasteiger partial charge in [-0.2, -0.15) is 0 Å². The minimum atomic E-state index is 0. The molecule has 2 heteroatoms. The second-order valence-electron chi connectivity index (χ2n) is 1.37. The van der Waals surface area contributed by atoms with Gasteiger partial charge in [0.2, 0.25) is 0 Å². The van der Waals surface area contributed by atoms with Crippen LogP contribution in [0.25, 0.3) is 0 Å². The largest absolute Gasteiger partial charge is 0.316 e. The molecule has 0 aliphatic rings. The molecule has 0 aliphatic heterocycles. The molecule has 0 spiro atoms. The highest BCUT2D eigenvalue weighted by atomic mass is 79.9. The van der Waals surface area contributed by atoms with Gasteiger partial charge in [0, 0.05) is 5.33 Å². The van der Waals surface area contributed by atoms with Gasteiger partial charge in [-0.25, -0.2) is 0 Å². The lowest BCUT2D eigenvalue weighted by atomic mass is 10.2. The second kappa shape index (κ2) is 6.99. The van der Waals surface area contributed by atoms with E-state index >= 15 is 0 Å². The van der Waals surface area contributed by atoms with Crippen molar-refractivity contribution in [3.05, 3.63) is 12.7 Å². The summed E-state index contributed by atoms with van der Waals surface area (Å²) in [6, 6.07) is 0. The van der Waals surface area contributed by atoms with E-state index in [1.165, 1.54) is 0 Å². The van der Waals surface area contributed by atoms with Gasteiger partial charge in [-0.3, -0.25) is 0 Å². The summed E-state index contributed by atoms with van der Waals surface area (Å²) in [5.41, 5.74) is 0. The Labute approximate surface area is 69.6 Å². The van der Waals surface area contributed by atoms with Crippen LogP contribution >= 0.6 is 15.9 Å². The average Bonchev–Trinajstić information content (AvgIpc) is 1.65. The van der Waals surface area contributed by atoms with Gasteiger partial charge in [0.1, 0.15) is 0 Å². The lowest BCUT2D eigenvalue weighted by molar-refractivity contribution is 0.857. The molecule has 0 aromatic heterocycles. The van der Waals surface area contributed by atoms with Crippen molar-refractivity contribution < 1.29 is 0 Å². The lowest BCUT2D eigenvalue weighted by Crippen LogP contribution is -1.85. The van der Waals surface area contributed by atoms with Crippen LogP contribution in [0.4, 0.5) is 0 Å². The molecule has 1 atom stereocenters. The Morgan fingerprint density at radius 1 is 1.86 bits per heavy atom. The summed E-state index contributed by atoms with van der Waals surface area (Å²) >= 11 is 3.30. The summed E-state index contributed by atoms with van der Waals surface area (Å²) in [6.07, 6.45) is 1.93. The number of hydrogen-bond donors (Lipinski definition) is 0. The van der Waals surface area contributed by atoms with Crippen LogP contribution in [0.15, 0.2) is 12.7 Å². The molecule has 40 valence electrons. The molecule has 0 aromatic carbocycles. The zero-order chi connectivity index (χ0) is 4.99. The van der Waals surface area contributed by atoms with E-state index in [0.29, 0.717) is 5.92 Å². The number of hydrogen-bond acceptors (Lipinski definition) is 0. The first-order chi connectivity index (χ1) is 2.81. The molecule has 7 heavy (non-hydrogen) atoms. The quantitative estimate of drug-likeness (QED) is 0.337. The van der Waals surface area contributed by atoms with Crippen LogP contribution in [-0.2, 0) is 0 Å². The van der Waals surface area contributed by atoms with Gasteiger partial charge in [-0.05, 0) is 5.92 Å². The van der Waals surface area contributed by atoms with Crippen LogP contribution in [0.3, 0.4) is 0 Å². The molecule has 0 heterocycles. The lowest BCUT2D eigenvalue weighted by Gasteiger charge is -1.92. The Morgan fingerprint density at radius 2 is 2.29 bits per heavy atom. The zero-order valence-corrected chi connectivity index (χ0v) is 5.53. The minimum Gasteiger partial charge on any atom is -0.103 e. The van der Waals surface area contributed by atoms with Crippen LogP contribution in [0.5, 0.6) is 0 Å². The second-order valence-corrected chi connectivity index (χ2v) is 2.01. The number of halogens is 1. The third-order valence-electron chi connectivity index (χ3n) is 0.646. The molecule has 0 amide bonds. The Balaban J connectivity index is 0. The fraction of sp³-hybridized carbons (Fsp3) is 0.600. The van der Waals surface area contributed by atoms with E-state index in [-0.39, 0.29) is 23.1 Å². The van der Waals surface area contributed by atoms with Crippen molar-refractivity contribution in [3.63, 3.8) is 0 Å². The van der Waals surface area contributed by atoms with Crippen molar-refractivity contribution >= 4 is 39.0 Å². The topological polar surface area (TPSA) is 0 Å². The summed E-state index contributed by atoms with van der Waals surface area (Å²) in [6.45, 7) is 5.71. The van der Waals surface area contributed by atoms with E-state index in [2.05, 4.69) is 29.4 Å². The highest BCUT2D eigenvalue weighted by molar-refractivity contribution is 9.09. The Morgan fingerprint density at radius 3 is 2.29 bits per heavy atom. The molecule has 0 rings (SSSR count). The van der Waals surface area contributed by atoms with E-state index in [1.54, 1.807) is 0 Å². The average molecular weight is 175 g/mol. The summed E-state index contributed by atoms with van der Waals surface area (Å²) in [5, 5.41) is 1.02. The van der Waals surface area contributed by atoms with Crippen molar-refractivity contribution in [1.82, 2.24) is 0 Å². The molecular weight excluding hydrogens is 164 g/mol. The highest BCUT2D eigenvalue weighted by Crippen LogP contribution is 1.97. The fourth-order valence-corrected chi connectivity index (χ4v) is 0.327. The van der Waals surface area contributed by atoms with Crippen LogP contribution in [0, 0.1) is 5.92 Å². The van der Waals surface area contributed by atoms with Gasteiger partial charge in [0.05, 0.1) is 0 Å². The van der Waals surface area contributed by atoms with E-state index < -0.39 is 0 Å². The van der Waals surface area contributed by atoms with Crippen molar-refractivity contribution in [1.29, 1.82) is 0 Å². The first-order valence-electron chi connectivity index (χ1n) is 1.99. The van der Waals surface area contributed by atoms with Gasteiger partial charge in [-0.15, -0.1) is 6.58 Å². The summed E-state index contributed by atoms with van der Waals surface area (Å²) < 4.78 is 0. The Bertz CT molecular complexity index is 45.3. The fourth-order valence-electron chi connectivity index (χ4n) is 0.0630. The number of alkyl halides is 1. The van der Waals surface area contributed by atoms with Gasteiger partial charge in [0.15, 0.2) is 0 Å². The van der Waals surface area contributed by atoms with Crippen LogP contribution in [0.1, 0.15) is 6.92 Å².